The summed E-state index contributed by atoms with van der Waals surface area (Å²) in [7, 11) is 1.99. The van der Waals surface area contributed by atoms with Crippen LogP contribution in [0.3, 0.4) is 0 Å². The molecule has 0 spiro atoms. The van der Waals surface area contributed by atoms with Gasteiger partial charge in [-0.25, -0.2) is 0 Å². The molecular weight excluding hydrogens is 170 g/mol. The molecule has 0 atom stereocenters. The Labute approximate surface area is 86.8 Å². The van der Waals surface area contributed by atoms with Crippen LogP contribution >= 0.6 is 0 Å². The van der Waals surface area contributed by atoms with E-state index in [1.165, 1.54) is 11.1 Å². The molecule has 0 bridgehead atoms. The fourth-order valence-electron chi connectivity index (χ4n) is 1.48. The number of hydrogen-bond donors (Lipinski definition) is 1. The van der Waals surface area contributed by atoms with Gasteiger partial charge in [0.15, 0.2) is 0 Å². The number of likely N-dealkylation sites (N-methyl/N-ethyl adjacent to an activating group) is 1. The Kier molecular flexibility index (Phi) is 5.02. The van der Waals surface area contributed by atoms with Crippen molar-refractivity contribution in [3.8, 4) is 0 Å². The summed E-state index contributed by atoms with van der Waals surface area (Å²) in [5, 5.41) is 3.16. The Bertz CT molecular complexity index is 278. The summed E-state index contributed by atoms with van der Waals surface area (Å²) >= 11 is 0. The van der Waals surface area contributed by atoms with Crippen molar-refractivity contribution >= 4 is 0 Å². The van der Waals surface area contributed by atoms with Crippen molar-refractivity contribution in [3.05, 3.63) is 48.0 Å². The summed E-state index contributed by atoms with van der Waals surface area (Å²) in [6.45, 7) is 4.78. The lowest BCUT2D eigenvalue weighted by atomic mass is 10.0. The van der Waals surface area contributed by atoms with Gasteiger partial charge in [-0.3, -0.25) is 0 Å². The van der Waals surface area contributed by atoms with Crippen LogP contribution in [0.25, 0.3) is 0 Å². The van der Waals surface area contributed by atoms with Crippen LogP contribution < -0.4 is 5.32 Å². The maximum Gasteiger partial charge on any atom is -0.00114 e. The van der Waals surface area contributed by atoms with Gasteiger partial charge in [-0.1, -0.05) is 30.3 Å². The van der Waals surface area contributed by atoms with E-state index in [1.807, 2.05) is 13.1 Å². The van der Waals surface area contributed by atoms with Crippen molar-refractivity contribution in [2.75, 3.05) is 13.6 Å². The molecule has 1 aromatic rings. The smallest absolute Gasteiger partial charge is 0.00114 e. The standard InChI is InChI=1S/C13H19N/c1-3-4-6-12-7-5-8-13(11-12)9-10-14-2/h3,5,7-8,11,14H,1,4,6,9-10H2,2H3. The molecule has 0 amide bonds. The Balaban J connectivity index is 2.54. The first kappa shape index (κ1) is 11.0. The molecule has 0 radical (unpaired) electrons. The van der Waals surface area contributed by atoms with Crippen molar-refractivity contribution in [2.24, 2.45) is 0 Å². The van der Waals surface area contributed by atoms with Crippen molar-refractivity contribution in [2.45, 2.75) is 19.3 Å². The highest BCUT2D eigenvalue weighted by atomic mass is 14.8. The molecule has 0 saturated heterocycles. The van der Waals surface area contributed by atoms with Gasteiger partial charge in [-0.05, 0) is 44.0 Å². The van der Waals surface area contributed by atoms with Gasteiger partial charge in [-0.2, -0.15) is 0 Å². The molecule has 1 aromatic carbocycles. The average molecular weight is 189 g/mol. The summed E-state index contributed by atoms with van der Waals surface area (Å²) in [6, 6.07) is 8.81. The quantitative estimate of drug-likeness (QED) is 0.678. The molecule has 0 aliphatic carbocycles. The van der Waals surface area contributed by atoms with Gasteiger partial charge in [0.25, 0.3) is 0 Å². The van der Waals surface area contributed by atoms with Crippen LogP contribution in [0.15, 0.2) is 36.9 Å². The first-order valence-corrected chi connectivity index (χ1v) is 5.20. The van der Waals surface area contributed by atoms with Crippen molar-refractivity contribution in [1.82, 2.24) is 5.32 Å². The predicted octanol–water partition coefficient (Wildman–Crippen LogP) is 2.57. The van der Waals surface area contributed by atoms with Gasteiger partial charge in [0.1, 0.15) is 0 Å². The van der Waals surface area contributed by atoms with Gasteiger partial charge >= 0.3 is 0 Å². The van der Waals surface area contributed by atoms with Gasteiger partial charge in [0, 0.05) is 0 Å². The zero-order valence-electron chi connectivity index (χ0n) is 8.92. The van der Waals surface area contributed by atoms with E-state index in [1.54, 1.807) is 0 Å². The SMILES string of the molecule is C=CCCc1cccc(CCNC)c1. The summed E-state index contributed by atoms with van der Waals surface area (Å²) in [4.78, 5) is 0. The summed E-state index contributed by atoms with van der Waals surface area (Å²) in [5.74, 6) is 0. The van der Waals surface area contributed by atoms with Crippen molar-refractivity contribution < 1.29 is 0 Å². The number of benzene rings is 1. The molecule has 0 aliphatic rings. The van der Waals surface area contributed by atoms with Crippen LogP contribution in [0, 0.1) is 0 Å². The Morgan fingerprint density at radius 2 is 2.00 bits per heavy atom. The fourth-order valence-corrected chi connectivity index (χ4v) is 1.48. The highest BCUT2D eigenvalue weighted by Gasteiger charge is 1.94. The number of nitrogens with one attached hydrogen (secondary N) is 1. The van der Waals surface area contributed by atoms with Gasteiger partial charge < -0.3 is 5.32 Å². The lowest BCUT2D eigenvalue weighted by Crippen LogP contribution is -2.10. The fraction of sp³-hybridized carbons (Fsp3) is 0.385. The predicted molar refractivity (Wildman–Crippen MR) is 62.6 cm³/mol. The van der Waals surface area contributed by atoms with Crippen LogP contribution in [-0.2, 0) is 12.8 Å². The molecule has 1 nitrogen and oxygen atoms in total. The van der Waals surface area contributed by atoms with E-state index in [0.29, 0.717) is 0 Å². The summed E-state index contributed by atoms with van der Waals surface area (Å²) in [6.07, 6.45) is 5.26. The van der Waals surface area contributed by atoms with Crippen LogP contribution in [0.2, 0.25) is 0 Å². The maximum absolute atomic E-state index is 3.74. The van der Waals surface area contributed by atoms with E-state index >= 15 is 0 Å². The third kappa shape index (κ3) is 3.75. The third-order valence-corrected chi connectivity index (χ3v) is 2.29. The molecule has 14 heavy (non-hydrogen) atoms. The molecule has 76 valence electrons. The molecule has 0 aromatic heterocycles. The Hall–Kier alpha value is -1.08. The van der Waals surface area contributed by atoms with Crippen LogP contribution in [0.1, 0.15) is 17.5 Å². The first-order valence-electron chi connectivity index (χ1n) is 5.20. The van der Waals surface area contributed by atoms with E-state index in [9.17, 15) is 0 Å². The minimum absolute atomic E-state index is 1.05. The number of hydrogen-bond acceptors (Lipinski definition) is 1. The lowest BCUT2D eigenvalue weighted by molar-refractivity contribution is 0.790. The van der Waals surface area contributed by atoms with Crippen molar-refractivity contribution in [1.29, 1.82) is 0 Å². The largest absolute Gasteiger partial charge is 0.319 e. The first-order chi connectivity index (χ1) is 6.86. The van der Waals surface area contributed by atoms with E-state index in [0.717, 1.165) is 25.8 Å². The van der Waals surface area contributed by atoms with E-state index in [-0.39, 0.29) is 0 Å². The van der Waals surface area contributed by atoms with Gasteiger partial charge in [-0.15, -0.1) is 6.58 Å². The normalized spacial score (nSPS) is 10.1. The number of rotatable bonds is 6. The highest BCUT2D eigenvalue weighted by molar-refractivity contribution is 5.24. The Morgan fingerprint density at radius 3 is 2.64 bits per heavy atom. The van der Waals surface area contributed by atoms with Crippen LogP contribution in [0.5, 0.6) is 0 Å². The van der Waals surface area contributed by atoms with E-state index < -0.39 is 0 Å². The summed E-state index contributed by atoms with van der Waals surface area (Å²) in [5.41, 5.74) is 2.83. The molecule has 0 fully saturated rings. The molecule has 1 rings (SSSR count). The second kappa shape index (κ2) is 6.39. The highest BCUT2D eigenvalue weighted by Crippen LogP contribution is 2.08. The molecule has 0 saturated carbocycles. The van der Waals surface area contributed by atoms with Crippen LogP contribution in [-0.4, -0.2) is 13.6 Å². The minimum Gasteiger partial charge on any atom is -0.319 e. The second-order valence-electron chi connectivity index (χ2n) is 3.50. The zero-order valence-corrected chi connectivity index (χ0v) is 8.92. The van der Waals surface area contributed by atoms with E-state index in [4.69, 9.17) is 0 Å². The van der Waals surface area contributed by atoms with Gasteiger partial charge in [0.05, 0.1) is 0 Å². The molecule has 0 aliphatic heterocycles. The topological polar surface area (TPSA) is 12.0 Å². The molecule has 1 heteroatoms. The second-order valence-corrected chi connectivity index (χ2v) is 3.50. The lowest BCUT2D eigenvalue weighted by Gasteiger charge is -2.03. The minimum atomic E-state index is 1.05. The Morgan fingerprint density at radius 1 is 1.29 bits per heavy atom. The van der Waals surface area contributed by atoms with Gasteiger partial charge in [0.2, 0.25) is 0 Å². The van der Waals surface area contributed by atoms with Crippen molar-refractivity contribution in [3.63, 3.8) is 0 Å². The molecular formula is C13H19N. The number of aryl methyl sites for hydroxylation is 1. The molecule has 0 unspecified atom stereocenters. The number of allylic oxidation sites excluding steroid dienone is 1. The monoisotopic (exact) mass is 189 g/mol. The van der Waals surface area contributed by atoms with E-state index in [2.05, 4.69) is 36.2 Å². The summed E-state index contributed by atoms with van der Waals surface area (Å²) < 4.78 is 0. The maximum atomic E-state index is 3.74. The average Bonchev–Trinajstić information content (AvgIpc) is 2.24. The molecule has 0 heterocycles. The third-order valence-electron chi connectivity index (χ3n) is 2.29. The molecule has 1 N–H and O–H groups in total. The van der Waals surface area contributed by atoms with Crippen LogP contribution in [0.4, 0.5) is 0 Å². The zero-order chi connectivity index (χ0) is 10.2.